The third-order valence-electron chi connectivity index (χ3n) is 4.06. The Morgan fingerprint density at radius 3 is 2.33 bits per heavy atom. The van der Waals surface area contributed by atoms with Crippen LogP contribution in [0.4, 0.5) is 4.79 Å². The van der Waals surface area contributed by atoms with Crippen LogP contribution in [0.3, 0.4) is 0 Å². The van der Waals surface area contributed by atoms with Crippen LogP contribution >= 0.6 is 0 Å². The van der Waals surface area contributed by atoms with Crippen LogP contribution < -0.4 is 16.1 Å². The van der Waals surface area contributed by atoms with Crippen LogP contribution in [0.1, 0.15) is 26.3 Å². The first-order chi connectivity index (χ1) is 12.6. The van der Waals surface area contributed by atoms with Gasteiger partial charge in [0.2, 0.25) is 5.91 Å². The van der Waals surface area contributed by atoms with E-state index in [-0.39, 0.29) is 25.0 Å². The molecule has 1 aromatic rings. The molecule has 1 aliphatic rings. The van der Waals surface area contributed by atoms with Crippen LogP contribution in [0.25, 0.3) is 0 Å². The van der Waals surface area contributed by atoms with E-state index in [4.69, 9.17) is 0 Å². The number of amides is 5. The predicted octanol–water partition coefficient (Wildman–Crippen LogP) is -0.0588. The van der Waals surface area contributed by atoms with Crippen molar-refractivity contribution in [1.82, 2.24) is 26.0 Å². The molecule has 1 fully saturated rings. The van der Waals surface area contributed by atoms with E-state index in [1.54, 1.807) is 44.3 Å². The van der Waals surface area contributed by atoms with Gasteiger partial charge >= 0.3 is 6.03 Å². The van der Waals surface area contributed by atoms with Crippen LogP contribution in [0.5, 0.6) is 0 Å². The Balaban J connectivity index is 1.97. The number of hydrogen-bond acceptors (Lipinski definition) is 5. The van der Waals surface area contributed by atoms with Gasteiger partial charge in [0.1, 0.15) is 5.54 Å². The molecule has 2 rings (SSSR count). The fourth-order valence-corrected chi connectivity index (χ4v) is 2.78. The lowest BCUT2D eigenvalue weighted by Gasteiger charge is -2.22. The third-order valence-corrected chi connectivity index (χ3v) is 4.06. The Bertz CT molecular complexity index is 737. The van der Waals surface area contributed by atoms with Gasteiger partial charge in [-0.05, 0) is 33.4 Å². The van der Waals surface area contributed by atoms with Crippen LogP contribution in [-0.4, -0.2) is 59.8 Å². The molecule has 0 aliphatic carbocycles. The smallest absolute Gasteiger partial charge is 0.344 e. The standard InChI is InChI=1S/C18H25N5O4/c1-12(2)19-14(24)10-22(4)11-15(25)21-23-16(26)18(3,20-17(23)27)13-8-6-5-7-9-13/h5-9,12H,10-11H2,1-4H3,(H,19,24)(H,20,27)(H,21,25)/t18-/m0/s1. The molecule has 0 bridgehead atoms. The largest absolute Gasteiger partial charge is 0.353 e. The van der Waals surface area contributed by atoms with Gasteiger partial charge in [0.25, 0.3) is 11.8 Å². The SMILES string of the molecule is CC(C)NC(=O)CN(C)CC(=O)NN1C(=O)N[C@@](C)(c2ccccc2)C1=O. The highest BCUT2D eigenvalue weighted by molar-refractivity contribution is 6.08. The molecular formula is C18H25N5O4. The molecule has 1 saturated heterocycles. The molecule has 5 amide bonds. The summed E-state index contributed by atoms with van der Waals surface area (Å²) in [5.41, 5.74) is 1.67. The molecule has 9 heteroatoms. The molecule has 0 spiro atoms. The Morgan fingerprint density at radius 1 is 1.15 bits per heavy atom. The summed E-state index contributed by atoms with van der Waals surface area (Å²) in [5.74, 6) is -1.37. The summed E-state index contributed by atoms with van der Waals surface area (Å²) in [6.45, 7) is 5.13. The number of imide groups is 1. The first kappa shape index (κ1) is 20.4. The van der Waals surface area contributed by atoms with Gasteiger partial charge < -0.3 is 10.6 Å². The summed E-state index contributed by atoms with van der Waals surface area (Å²) in [6.07, 6.45) is 0. The summed E-state index contributed by atoms with van der Waals surface area (Å²) in [5, 5.41) is 6.00. The lowest BCUT2D eigenvalue weighted by Crippen LogP contribution is -2.51. The zero-order valence-electron chi connectivity index (χ0n) is 15.9. The van der Waals surface area contributed by atoms with E-state index in [1.807, 2.05) is 13.8 Å². The summed E-state index contributed by atoms with van der Waals surface area (Å²) in [6, 6.07) is 8.08. The molecule has 1 heterocycles. The Morgan fingerprint density at radius 2 is 1.74 bits per heavy atom. The van der Waals surface area contributed by atoms with Crippen LogP contribution in [0, 0.1) is 0 Å². The normalized spacial score (nSPS) is 19.4. The van der Waals surface area contributed by atoms with E-state index in [0.717, 1.165) is 0 Å². The number of benzene rings is 1. The highest BCUT2D eigenvalue weighted by Crippen LogP contribution is 2.27. The number of hydrogen-bond donors (Lipinski definition) is 3. The fourth-order valence-electron chi connectivity index (χ4n) is 2.78. The average molecular weight is 375 g/mol. The van der Waals surface area contributed by atoms with Gasteiger partial charge in [-0.15, -0.1) is 0 Å². The Hall–Kier alpha value is -2.94. The minimum Gasteiger partial charge on any atom is -0.353 e. The first-order valence-corrected chi connectivity index (χ1v) is 8.63. The molecule has 27 heavy (non-hydrogen) atoms. The highest BCUT2D eigenvalue weighted by Gasteiger charge is 2.49. The second-order valence-corrected chi connectivity index (χ2v) is 6.99. The summed E-state index contributed by atoms with van der Waals surface area (Å²) < 4.78 is 0. The first-order valence-electron chi connectivity index (χ1n) is 8.63. The van der Waals surface area contributed by atoms with Gasteiger partial charge in [-0.25, -0.2) is 4.79 Å². The molecule has 0 saturated carbocycles. The lowest BCUT2D eigenvalue weighted by molar-refractivity contribution is -0.139. The highest BCUT2D eigenvalue weighted by atomic mass is 16.2. The number of nitrogens with zero attached hydrogens (tertiary/aromatic N) is 2. The molecular weight excluding hydrogens is 350 g/mol. The quantitative estimate of drug-likeness (QED) is 0.579. The minimum absolute atomic E-state index is 0.00121. The van der Waals surface area contributed by atoms with E-state index in [1.165, 1.54) is 4.90 Å². The molecule has 1 aromatic carbocycles. The number of urea groups is 1. The van der Waals surface area contributed by atoms with E-state index >= 15 is 0 Å². The molecule has 3 N–H and O–H groups in total. The number of carbonyl (C=O) groups excluding carboxylic acids is 4. The number of likely N-dealkylation sites (N-methyl/N-ethyl adjacent to an activating group) is 1. The molecule has 0 radical (unpaired) electrons. The minimum atomic E-state index is -1.26. The lowest BCUT2D eigenvalue weighted by atomic mass is 9.92. The van der Waals surface area contributed by atoms with Crippen LogP contribution in [0.15, 0.2) is 30.3 Å². The molecule has 1 atom stereocenters. The van der Waals surface area contributed by atoms with Gasteiger partial charge in [-0.1, -0.05) is 30.3 Å². The third kappa shape index (κ3) is 4.82. The van der Waals surface area contributed by atoms with E-state index < -0.39 is 23.4 Å². The Kier molecular flexibility index (Phi) is 6.17. The topological polar surface area (TPSA) is 111 Å². The maximum atomic E-state index is 12.7. The van der Waals surface area contributed by atoms with Crippen molar-refractivity contribution in [3.63, 3.8) is 0 Å². The van der Waals surface area contributed by atoms with Crippen molar-refractivity contribution in [2.75, 3.05) is 20.1 Å². The van der Waals surface area contributed by atoms with E-state index in [9.17, 15) is 19.2 Å². The van der Waals surface area contributed by atoms with Crippen molar-refractivity contribution in [3.05, 3.63) is 35.9 Å². The number of carbonyl (C=O) groups is 4. The monoisotopic (exact) mass is 375 g/mol. The second-order valence-electron chi connectivity index (χ2n) is 6.99. The maximum absolute atomic E-state index is 12.7. The van der Waals surface area contributed by atoms with Gasteiger partial charge in [0.05, 0.1) is 13.1 Å². The van der Waals surface area contributed by atoms with Gasteiger partial charge in [-0.3, -0.25) is 24.7 Å². The zero-order valence-corrected chi connectivity index (χ0v) is 15.9. The number of hydrazine groups is 1. The van der Waals surface area contributed by atoms with Crippen LogP contribution in [0.2, 0.25) is 0 Å². The van der Waals surface area contributed by atoms with E-state index in [2.05, 4.69) is 16.1 Å². The molecule has 9 nitrogen and oxygen atoms in total. The van der Waals surface area contributed by atoms with Crippen molar-refractivity contribution in [1.29, 1.82) is 0 Å². The summed E-state index contributed by atoms with van der Waals surface area (Å²) >= 11 is 0. The van der Waals surface area contributed by atoms with Gasteiger partial charge in [0, 0.05) is 6.04 Å². The summed E-state index contributed by atoms with van der Waals surface area (Å²) in [4.78, 5) is 50.3. The second kappa shape index (κ2) is 8.17. The van der Waals surface area contributed by atoms with Crippen molar-refractivity contribution in [2.24, 2.45) is 0 Å². The summed E-state index contributed by atoms with van der Waals surface area (Å²) in [7, 11) is 1.60. The fraction of sp³-hybridized carbons (Fsp3) is 0.444. The molecule has 146 valence electrons. The van der Waals surface area contributed by atoms with E-state index in [0.29, 0.717) is 10.6 Å². The van der Waals surface area contributed by atoms with Crippen molar-refractivity contribution >= 4 is 23.8 Å². The van der Waals surface area contributed by atoms with Gasteiger partial charge in [0.15, 0.2) is 0 Å². The maximum Gasteiger partial charge on any atom is 0.344 e. The van der Waals surface area contributed by atoms with Crippen LogP contribution in [-0.2, 0) is 19.9 Å². The van der Waals surface area contributed by atoms with Crippen molar-refractivity contribution in [2.45, 2.75) is 32.4 Å². The number of nitrogens with one attached hydrogen (secondary N) is 3. The number of rotatable bonds is 7. The Labute approximate surface area is 158 Å². The average Bonchev–Trinajstić information content (AvgIpc) is 2.79. The molecule has 0 unspecified atom stereocenters. The molecule has 1 aliphatic heterocycles. The van der Waals surface area contributed by atoms with Crippen molar-refractivity contribution < 1.29 is 19.2 Å². The molecule has 0 aromatic heterocycles. The predicted molar refractivity (Wildman–Crippen MR) is 98.1 cm³/mol. The zero-order chi connectivity index (χ0) is 20.2. The van der Waals surface area contributed by atoms with Crippen molar-refractivity contribution in [3.8, 4) is 0 Å². The van der Waals surface area contributed by atoms with Gasteiger partial charge in [-0.2, -0.15) is 5.01 Å².